The first kappa shape index (κ1) is 9.06. The van der Waals surface area contributed by atoms with E-state index in [0.717, 1.165) is 6.54 Å². The van der Waals surface area contributed by atoms with Crippen molar-refractivity contribution in [3.05, 3.63) is 0 Å². The topological polar surface area (TPSA) is 18.8 Å². The molecule has 2 aliphatic heterocycles. The van der Waals surface area contributed by atoms with Crippen molar-refractivity contribution in [2.24, 2.45) is 4.99 Å². The Morgan fingerprint density at radius 1 is 1.15 bits per heavy atom. The van der Waals surface area contributed by atoms with Crippen LogP contribution in [-0.2, 0) is 0 Å². The summed E-state index contributed by atoms with van der Waals surface area (Å²) in [5, 5.41) is 0. The number of aliphatic imine (C=N–C) groups is 1. The summed E-state index contributed by atoms with van der Waals surface area (Å²) in [6.07, 6.45) is 2.56. The van der Waals surface area contributed by atoms with Crippen LogP contribution in [0, 0.1) is 0 Å². The number of guanidine groups is 1. The van der Waals surface area contributed by atoms with Gasteiger partial charge in [-0.1, -0.05) is 0 Å². The van der Waals surface area contributed by atoms with E-state index in [1.807, 2.05) is 0 Å². The van der Waals surface area contributed by atoms with E-state index in [1.54, 1.807) is 0 Å². The maximum Gasteiger partial charge on any atom is 0.157 e. The van der Waals surface area contributed by atoms with Gasteiger partial charge in [-0.2, -0.15) is 22.1 Å². The van der Waals surface area contributed by atoms with Crippen molar-refractivity contribution in [1.29, 1.82) is 0 Å². The lowest BCUT2D eigenvalue weighted by molar-refractivity contribution is 0.300. The highest BCUT2D eigenvalue weighted by Gasteiger charge is 2.21. The third kappa shape index (κ3) is 1.72. The molecular weight excluding hydrogens is 178 g/mol. The molecule has 0 spiro atoms. The summed E-state index contributed by atoms with van der Waals surface area (Å²) in [7, 11) is -0.343. The molecule has 13 heavy (non-hydrogen) atoms. The SMILES string of the molecule is C[Si-](C)N1CCCN2CCCN=C21. The number of nitrogens with zero attached hydrogens (tertiary/aromatic N) is 3. The lowest BCUT2D eigenvalue weighted by atomic mass is 10.2. The first-order chi connectivity index (χ1) is 6.29. The monoisotopic (exact) mass is 196 g/mol. The van der Waals surface area contributed by atoms with Crippen molar-refractivity contribution in [2.75, 3.05) is 26.2 Å². The Balaban J connectivity index is 2.15. The molecule has 0 aliphatic carbocycles. The molecule has 0 aromatic heterocycles. The molecule has 0 amide bonds. The predicted octanol–water partition coefficient (Wildman–Crippen LogP) is 1.00. The van der Waals surface area contributed by atoms with Crippen molar-refractivity contribution in [3.63, 3.8) is 0 Å². The average Bonchev–Trinajstić information content (AvgIpc) is 2.17. The van der Waals surface area contributed by atoms with Gasteiger partial charge in [-0.3, -0.25) is 4.99 Å². The first-order valence-corrected chi connectivity index (χ1v) is 7.61. The van der Waals surface area contributed by atoms with E-state index in [2.05, 4.69) is 27.6 Å². The van der Waals surface area contributed by atoms with Crippen molar-refractivity contribution >= 4 is 14.9 Å². The fourth-order valence-corrected chi connectivity index (χ4v) is 3.27. The van der Waals surface area contributed by atoms with Gasteiger partial charge < -0.3 is 9.47 Å². The van der Waals surface area contributed by atoms with Crippen LogP contribution in [0.3, 0.4) is 0 Å². The van der Waals surface area contributed by atoms with Gasteiger partial charge in [0.1, 0.15) is 0 Å². The zero-order valence-corrected chi connectivity index (χ0v) is 9.58. The van der Waals surface area contributed by atoms with E-state index in [9.17, 15) is 0 Å². The fourth-order valence-electron chi connectivity index (χ4n) is 2.05. The number of rotatable bonds is 1. The highest BCUT2D eigenvalue weighted by atomic mass is 28.3. The number of hydrogen-bond acceptors (Lipinski definition) is 3. The largest absolute Gasteiger partial charge is 0.517 e. The predicted molar refractivity (Wildman–Crippen MR) is 57.3 cm³/mol. The van der Waals surface area contributed by atoms with E-state index < -0.39 is 0 Å². The molecule has 0 unspecified atom stereocenters. The fraction of sp³-hybridized carbons (Fsp3) is 0.889. The van der Waals surface area contributed by atoms with E-state index in [4.69, 9.17) is 0 Å². The third-order valence-corrected chi connectivity index (χ3v) is 4.22. The highest BCUT2D eigenvalue weighted by Crippen LogP contribution is 2.14. The van der Waals surface area contributed by atoms with Crippen LogP contribution in [0.25, 0.3) is 0 Å². The second-order valence-corrected chi connectivity index (χ2v) is 6.41. The quantitative estimate of drug-likeness (QED) is 0.583. The summed E-state index contributed by atoms with van der Waals surface area (Å²) in [6.45, 7) is 9.43. The van der Waals surface area contributed by atoms with Crippen molar-refractivity contribution in [2.45, 2.75) is 25.9 Å². The summed E-state index contributed by atoms with van der Waals surface area (Å²) >= 11 is 0. The summed E-state index contributed by atoms with van der Waals surface area (Å²) < 4.78 is 2.54. The van der Waals surface area contributed by atoms with Gasteiger partial charge in [0.25, 0.3) is 0 Å². The molecule has 2 heterocycles. The Morgan fingerprint density at radius 3 is 2.69 bits per heavy atom. The summed E-state index contributed by atoms with van der Waals surface area (Å²) in [6, 6.07) is 0. The molecule has 0 bridgehead atoms. The minimum Gasteiger partial charge on any atom is -0.517 e. The van der Waals surface area contributed by atoms with E-state index >= 15 is 0 Å². The molecule has 74 valence electrons. The lowest BCUT2D eigenvalue weighted by Gasteiger charge is -2.50. The second kappa shape index (κ2) is 3.70. The molecule has 0 aromatic rings. The summed E-state index contributed by atoms with van der Waals surface area (Å²) in [4.78, 5) is 7.11. The highest BCUT2D eigenvalue weighted by molar-refractivity contribution is 6.55. The molecule has 0 N–H and O–H groups in total. The van der Waals surface area contributed by atoms with Gasteiger partial charge in [0.05, 0.1) is 0 Å². The zero-order chi connectivity index (χ0) is 9.26. The smallest absolute Gasteiger partial charge is 0.157 e. The van der Waals surface area contributed by atoms with Crippen molar-refractivity contribution in [3.8, 4) is 0 Å². The van der Waals surface area contributed by atoms with E-state index in [1.165, 1.54) is 38.4 Å². The average molecular weight is 196 g/mol. The van der Waals surface area contributed by atoms with Crippen LogP contribution in [0.4, 0.5) is 0 Å². The number of fused-ring (bicyclic) bond motifs is 1. The number of hydrogen-bond donors (Lipinski definition) is 0. The van der Waals surface area contributed by atoms with Crippen LogP contribution >= 0.6 is 0 Å². The van der Waals surface area contributed by atoms with Crippen LogP contribution < -0.4 is 0 Å². The van der Waals surface area contributed by atoms with Crippen LogP contribution in [0.2, 0.25) is 13.1 Å². The Labute approximate surface area is 82.1 Å². The molecule has 0 radical (unpaired) electrons. The molecule has 2 rings (SSSR count). The van der Waals surface area contributed by atoms with Gasteiger partial charge in [-0.15, -0.1) is 0 Å². The molecule has 0 saturated carbocycles. The molecular formula is C9H18N3Si-. The van der Waals surface area contributed by atoms with Crippen molar-refractivity contribution in [1.82, 2.24) is 9.47 Å². The standard InChI is InChI=1S/C9H18N3Si/c1-13(2)12-8-4-7-11-6-3-5-10-9(11)12/h3-8H2,1-2H3/q-1. The van der Waals surface area contributed by atoms with Gasteiger partial charge >= 0.3 is 0 Å². The zero-order valence-electron chi connectivity index (χ0n) is 8.58. The maximum absolute atomic E-state index is 4.65. The molecule has 1 saturated heterocycles. The van der Waals surface area contributed by atoms with Gasteiger partial charge in [0.2, 0.25) is 0 Å². The Bertz CT molecular complexity index is 215. The van der Waals surface area contributed by atoms with E-state index in [-0.39, 0.29) is 8.96 Å². The normalized spacial score (nSPS) is 23.2. The summed E-state index contributed by atoms with van der Waals surface area (Å²) in [5.41, 5.74) is 0. The molecule has 1 fully saturated rings. The third-order valence-electron chi connectivity index (χ3n) is 2.71. The Kier molecular flexibility index (Phi) is 2.58. The molecule has 2 aliphatic rings. The molecule has 0 atom stereocenters. The van der Waals surface area contributed by atoms with E-state index in [0.29, 0.717) is 0 Å². The van der Waals surface area contributed by atoms with Gasteiger partial charge in [-0.05, 0) is 19.4 Å². The molecule has 3 nitrogen and oxygen atoms in total. The first-order valence-electron chi connectivity index (χ1n) is 5.16. The Hall–Kier alpha value is -0.513. The minimum atomic E-state index is -0.343. The van der Waals surface area contributed by atoms with Gasteiger partial charge in [0, 0.05) is 19.6 Å². The maximum atomic E-state index is 4.65. The van der Waals surface area contributed by atoms with Crippen LogP contribution in [0.15, 0.2) is 4.99 Å². The second-order valence-electron chi connectivity index (χ2n) is 3.97. The van der Waals surface area contributed by atoms with Gasteiger partial charge in [0.15, 0.2) is 5.96 Å². The Morgan fingerprint density at radius 2 is 1.92 bits per heavy atom. The van der Waals surface area contributed by atoms with Crippen LogP contribution in [-0.4, -0.2) is 50.6 Å². The van der Waals surface area contributed by atoms with Crippen molar-refractivity contribution < 1.29 is 0 Å². The minimum absolute atomic E-state index is 0.343. The van der Waals surface area contributed by atoms with Crippen LogP contribution in [0.5, 0.6) is 0 Å². The van der Waals surface area contributed by atoms with Crippen LogP contribution in [0.1, 0.15) is 12.8 Å². The summed E-state index contributed by atoms with van der Waals surface area (Å²) in [5.74, 6) is 1.30. The molecule has 0 aromatic carbocycles. The van der Waals surface area contributed by atoms with Gasteiger partial charge in [-0.25, -0.2) is 0 Å². The lowest BCUT2D eigenvalue weighted by Crippen LogP contribution is -2.55. The molecule has 4 heteroatoms.